The molecule has 30 heavy (non-hydrogen) atoms. The van der Waals surface area contributed by atoms with Crippen LogP contribution in [0.4, 0.5) is 0 Å². The second kappa shape index (κ2) is 17.6. The van der Waals surface area contributed by atoms with E-state index in [0.717, 1.165) is 44.9 Å². The molecule has 3 unspecified atom stereocenters. The Kier molecular flexibility index (Phi) is 15.8. The second-order valence-electron chi connectivity index (χ2n) is 9.21. The fraction of sp³-hybridized carbons (Fsp3) is 0.923. The molecule has 0 aromatic heterocycles. The molecular weight excluding hydrogens is 376 g/mol. The van der Waals surface area contributed by atoms with Gasteiger partial charge in [-0.15, -0.1) is 0 Å². The Hall–Kier alpha value is -1.06. The quantitative estimate of drug-likeness (QED) is 0.180. The lowest BCUT2D eigenvalue weighted by atomic mass is 9.79. The normalized spacial score (nSPS) is 20.0. The van der Waals surface area contributed by atoms with E-state index in [0.29, 0.717) is 6.61 Å². The predicted octanol–water partition coefficient (Wildman–Crippen LogP) is 7.38. The monoisotopic (exact) mass is 424 g/mol. The highest BCUT2D eigenvalue weighted by molar-refractivity contribution is 5.82. The number of unbranched alkanes of at least 4 members (excludes halogenated alkanes) is 11. The van der Waals surface area contributed by atoms with Gasteiger partial charge in [0.25, 0.3) is 0 Å². The minimum absolute atomic E-state index is 0.0860. The van der Waals surface area contributed by atoms with Crippen molar-refractivity contribution in [3.05, 3.63) is 0 Å². The van der Waals surface area contributed by atoms with Crippen LogP contribution in [0.5, 0.6) is 0 Å². The SMILES string of the molecule is CCCCCCCCCCCCCCOC(=O)C1CCCCC1C(=O)OC(C)CC. The van der Waals surface area contributed by atoms with Crippen LogP contribution in [0.2, 0.25) is 0 Å². The highest BCUT2D eigenvalue weighted by atomic mass is 16.5. The number of hydrogen-bond donors (Lipinski definition) is 0. The third-order valence-corrected chi connectivity index (χ3v) is 6.51. The summed E-state index contributed by atoms with van der Waals surface area (Å²) in [6.07, 6.45) is 19.7. The Labute approximate surface area is 185 Å². The summed E-state index contributed by atoms with van der Waals surface area (Å²) in [4.78, 5) is 25.0. The number of carbonyl (C=O) groups is 2. The molecule has 0 spiro atoms. The summed E-state index contributed by atoms with van der Waals surface area (Å²) in [6, 6.07) is 0. The molecule has 0 bridgehead atoms. The van der Waals surface area contributed by atoms with Crippen molar-refractivity contribution < 1.29 is 19.1 Å². The second-order valence-corrected chi connectivity index (χ2v) is 9.21. The van der Waals surface area contributed by atoms with Crippen molar-refractivity contribution in [3.8, 4) is 0 Å². The Morgan fingerprint density at radius 2 is 1.20 bits per heavy atom. The van der Waals surface area contributed by atoms with Crippen LogP contribution in [0.1, 0.15) is 130 Å². The molecule has 1 aliphatic rings. The molecule has 1 rings (SSSR count). The van der Waals surface area contributed by atoms with E-state index >= 15 is 0 Å². The molecule has 0 aromatic carbocycles. The van der Waals surface area contributed by atoms with E-state index in [4.69, 9.17) is 9.47 Å². The van der Waals surface area contributed by atoms with Crippen molar-refractivity contribution in [2.75, 3.05) is 6.61 Å². The fourth-order valence-electron chi connectivity index (χ4n) is 4.29. The maximum absolute atomic E-state index is 12.5. The smallest absolute Gasteiger partial charge is 0.310 e. The molecule has 0 N–H and O–H groups in total. The molecule has 0 heterocycles. The van der Waals surface area contributed by atoms with Gasteiger partial charge in [0.1, 0.15) is 0 Å². The molecule has 0 aliphatic heterocycles. The summed E-state index contributed by atoms with van der Waals surface area (Å²) in [7, 11) is 0. The Morgan fingerprint density at radius 1 is 0.733 bits per heavy atom. The van der Waals surface area contributed by atoms with Crippen molar-refractivity contribution in [3.63, 3.8) is 0 Å². The van der Waals surface area contributed by atoms with Gasteiger partial charge < -0.3 is 9.47 Å². The summed E-state index contributed by atoms with van der Waals surface area (Å²) in [6.45, 7) is 6.65. The summed E-state index contributed by atoms with van der Waals surface area (Å²) < 4.78 is 11.0. The average Bonchev–Trinajstić information content (AvgIpc) is 2.76. The van der Waals surface area contributed by atoms with Gasteiger partial charge >= 0.3 is 11.9 Å². The summed E-state index contributed by atoms with van der Waals surface area (Å²) in [5, 5.41) is 0. The maximum Gasteiger partial charge on any atom is 0.310 e. The lowest BCUT2D eigenvalue weighted by Gasteiger charge is -2.29. The number of ether oxygens (including phenoxy) is 2. The standard InChI is InChI=1S/C26H48O4/c1-4-6-7-8-9-10-11-12-13-14-15-18-21-29-25(27)23-19-16-17-20-24(23)26(28)30-22(3)5-2/h22-24H,4-21H2,1-3H3. The Morgan fingerprint density at radius 3 is 1.70 bits per heavy atom. The average molecular weight is 425 g/mol. The molecule has 0 amide bonds. The minimum Gasteiger partial charge on any atom is -0.465 e. The van der Waals surface area contributed by atoms with Gasteiger partial charge in [0, 0.05) is 0 Å². The van der Waals surface area contributed by atoms with Crippen molar-refractivity contribution in [2.24, 2.45) is 11.8 Å². The van der Waals surface area contributed by atoms with Crippen LogP contribution in [0, 0.1) is 11.8 Å². The van der Waals surface area contributed by atoms with Gasteiger partial charge in [-0.3, -0.25) is 9.59 Å². The van der Waals surface area contributed by atoms with E-state index in [1.807, 2.05) is 13.8 Å². The summed E-state index contributed by atoms with van der Waals surface area (Å²) >= 11 is 0. The van der Waals surface area contributed by atoms with Crippen LogP contribution in [0.15, 0.2) is 0 Å². The first kappa shape index (κ1) is 27.0. The third kappa shape index (κ3) is 12.0. The lowest BCUT2D eigenvalue weighted by Crippen LogP contribution is -2.36. The van der Waals surface area contributed by atoms with Crippen LogP contribution < -0.4 is 0 Å². The van der Waals surface area contributed by atoms with Crippen LogP contribution in [-0.2, 0) is 19.1 Å². The summed E-state index contributed by atoms with van der Waals surface area (Å²) in [5.74, 6) is -1.03. The van der Waals surface area contributed by atoms with Crippen LogP contribution in [0.25, 0.3) is 0 Å². The zero-order chi connectivity index (χ0) is 22.0. The van der Waals surface area contributed by atoms with E-state index in [1.165, 1.54) is 64.2 Å². The zero-order valence-electron chi connectivity index (χ0n) is 20.1. The minimum atomic E-state index is -0.317. The topological polar surface area (TPSA) is 52.6 Å². The van der Waals surface area contributed by atoms with Crippen LogP contribution >= 0.6 is 0 Å². The Balaban J connectivity index is 2.09. The largest absolute Gasteiger partial charge is 0.465 e. The van der Waals surface area contributed by atoms with E-state index in [9.17, 15) is 9.59 Å². The van der Waals surface area contributed by atoms with Gasteiger partial charge in [-0.05, 0) is 32.6 Å². The first-order valence-electron chi connectivity index (χ1n) is 13.0. The number of esters is 2. The first-order valence-corrected chi connectivity index (χ1v) is 13.0. The van der Waals surface area contributed by atoms with E-state index in [2.05, 4.69) is 6.92 Å². The van der Waals surface area contributed by atoms with E-state index < -0.39 is 0 Å². The number of hydrogen-bond acceptors (Lipinski definition) is 4. The first-order chi connectivity index (χ1) is 14.6. The predicted molar refractivity (Wildman–Crippen MR) is 123 cm³/mol. The molecule has 1 fully saturated rings. The molecule has 1 saturated carbocycles. The Bertz CT molecular complexity index is 448. The highest BCUT2D eigenvalue weighted by Gasteiger charge is 2.38. The fourth-order valence-corrected chi connectivity index (χ4v) is 4.29. The number of rotatable bonds is 17. The van der Waals surface area contributed by atoms with Crippen molar-refractivity contribution in [2.45, 2.75) is 136 Å². The third-order valence-electron chi connectivity index (χ3n) is 6.51. The van der Waals surface area contributed by atoms with E-state index in [1.54, 1.807) is 0 Å². The van der Waals surface area contributed by atoms with Crippen LogP contribution in [0.3, 0.4) is 0 Å². The molecule has 3 atom stereocenters. The molecule has 1 aliphatic carbocycles. The van der Waals surface area contributed by atoms with Crippen LogP contribution in [-0.4, -0.2) is 24.6 Å². The molecule has 0 aromatic rings. The van der Waals surface area contributed by atoms with Gasteiger partial charge in [-0.2, -0.15) is 0 Å². The number of carbonyl (C=O) groups excluding carboxylic acids is 2. The maximum atomic E-state index is 12.5. The van der Waals surface area contributed by atoms with Crippen molar-refractivity contribution >= 4 is 11.9 Å². The lowest BCUT2D eigenvalue weighted by molar-refractivity contribution is -0.165. The molecule has 176 valence electrons. The molecule has 4 nitrogen and oxygen atoms in total. The van der Waals surface area contributed by atoms with Gasteiger partial charge in [0.2, 0.25) is 0 Å². The van der Waals surface area contributed by atoms with E-state index in [-0.39, 0.29) is 29.9 Å². The molecule has 4 heteroatoms. The van der Waals surface area contributed by atoms with Gasteiger partial charge in [-0.25, -0.2) is 0 Å². The zero-order valence-corrected chi connectivity index (χ0v) is 20.1. The van der Waals surface area contributed by atoms with Gasteiger partial charge in [-0.1, -0.05) is 97.3 Å². The van der Waals surface area contributed by atoms with Crippen molar-refractivity contribution in [1.82, 2.24) is 0 Å². The molecular formula is C26H48O4. The van der Waals surface area contributed by atoms with Gasteiger partial charge in [0.05, 0.1) is 24.5 Å². The van der Waals surface area contributed by atoms with Crippen molar-refractivity contribution in [1.29, 1.82) is 0 Å². The van der Waals surface area contributed by atoms with Gasteiger partial charge in [0.15, 0.2) is 0 Å². The molecule has 0 radical (unpaired) electrons. The summed E-state index contributed by atoms with van der Waals surface area (Å²) in [5.41, 5.74) is 0. The molecule has 0 saturated heterocycles. The highest BCUT2D eigenvalue weighted by Crippen LogP contribution is 2.32.